The van der Waals surface area contributed by atoms with Crippen LogP contribution in [0.4, 0.5) is 8.78 Å². The van der Waals surface area contributed by atoms with Gasteiger partial charge >= 0.3 is 6.29 Å². The Morgan fingerprint density at radius 2 is 1.39 bits per heavy atom. The zero-order valence-electron chi connectivity index (χ0n) is 24.4. The molecular weight excluding hydrogens is 550 g/mol. The Hall–Kier alpha value is -3.50. The molecule has 1 amide bonds. The molecule has 41 heavy (non-hydrogen) atoms. The lowest BCUT2D eigenvalue weighted by molar-refractivity contribution is -0.286. The summed E-state index contributed by atoms with van der Waals surface area (Å²) in [6, 6.07) is 15.0. The van der Waals surface area contributed by atoms with Gasteiger partial charge in [0.25, 0.3) is 10.0 Å². The van der Waals surface area contributed by atoms with Crippen LogP contribution >= 0.6 is 0 Å². The van der Waals surface area contributed by atoms with Crippen LogP contribution in [-0.2, 0) is 27.8 Å². The number of halogens is 2. The Morgan fingerprint density at radius 3 is 1.93 bits per heavy atom. The topological polar surface area (TPSA) is 76.1 Å². The standard InChI is InChI=1S/C31H36F2N2O5S/c1-19(2)25-14-23(22-10-13-28-29(16-22)40-31(32,33)39-28)15-26(20(3)4)27(25)17-30(36)35(7)41(37,38)24-11-8-21(9-12-24)18-34(5)6/h8-16,19-20H,17-18H2,1-7H3. The summed E-state index contributed by atoms with van der Waals surface area (Å²) in [7, 11) is 1.09. The molecule has 0 radical (unpaired) electrons. The largest absolute Gasteiger partial charge is 0.586 e. The zero-order chi connectivity index (χ0) is 30.3. The van der Waals surface area contributed by atoms with Crippen molar-refractivity contribution in [2.75, 3.05) is 21.1 Å². The molecule has 1 aliphatic heterocycles. The number of nitrogens with zero attached hydrogens (tertiary/aromatic N) is 2. The average molecular weight is 587 g/mol. The Kier molecular flexibility index (Phi) is 8.47. The Morgan fingerprint density at radius 1 is 0.829 bits per heavy atom. The van der Waals surface area contributed by atoms with Crippen molar-refractivity contribution in [3.63, 3.8) is 0 Å². The normalized spacial score (nSPS) is 14.2. The van der Waals surface area contributed by atoms with Crippen LogP contribution in [0.2, 0.25) is 0 Å². The van der Waals surface area contributed by atoms with Crippen molar-refractivity contribution in [3.8, 4) is 22.6 Å². The monoisotopic (exact) mass is 586 g/mol. The van der Waals surface area contributed by atoms with Crippen molar-refractivity contribution in [1.29, 1.82) is 0 Å². The maximum absolute atomic E-state index is 13.6. The van der Waals surface area contributed by atoms with Gasteiger partial charge in [-0.1, -0.05) is 58.0 Å². The molecule has 10 heteroatoms. The minimum atomic E-state index is -4.05. The van der Waals surface area contributed by atoms with Gasteiger partial charge in [-0.15, -0.1) is 8.78 Å². The number of hydrogen-bond acceptors (Lipinski definition) is 6. The number of sulfonamides is 1. The fraction of sp³-hybridized carbons (Fsp3) is 0.387. The van der Waals surface area contributed by atoms with Gasteiger partial charge in [0.05, 0.1) is 11.3 Å². The van der Waals surface area contributed by atoms with E-state index in [4.69, 9.17) is 0 Å². The van der Waals surface area contributed by atoms with Gasteiger partial charge in [-0.25, -0.2) is 12.7 Å². The number of amides is 1. The van der Waals surface area contributed by atoms with Gasteiger partial charge in [-0.05, 0) is 83.6 Å². The number of carbonyl (C=O) groups excluding carboxylic acids is 1. The van der Waals surface area contributed by atoms with E-state index in [9.17, 15) is 22.0 Å². The first kappa shape index (κ1) is 30.5. The van der Waals surface area contributed by atoms with Crippen LogP contribution in [0.5, 0.6) is 11.5 Å². The predicted octanol–water partition coefficient (Wildman–Crippen LogP) is 6.37. The molecule has 0 saturated heterocycles. The molecule has 220 valence electrons. The van der Waals surface area contributed by atoms with E-state index in [2.05, 4.69) is 9.47 Å². The van der Waals surface area contributed by atoms with Crippen LogP contribution < -0.4 is 9.47 Å². The molecule has 0 N–H and O–H groups in total. The van der Waals surface area contributed by atoms with Crippen LogP contribution in [0.3, 0.4) is 0 Å². The smallest absolute Gasteiger partial charge is 0.395 e. The number of rotatable bonds is 9. The molecule has 4 rings (SSSR count). The van der Waals surface area contributed by atoms with E-state index < -0.39 is 22.2 Å². The Bertz CT molecular complexity index is 1520. The third-order valence-electron chi connectivity index (χ3n) is 7.06. The molecule has 0 saturated carbocycles. The summed E-state index contributed by atoms with van der Waals surface area (Å²) in [6.45, 7) is 8.64. The maximum Gasteiger partial charge on any atom is 0.586 e. The lowest BCUT2D eigenvalue weighted by atomic mass is 9.84. The number of fused-ring (bicyclic) bond motifs is 1. The van der Waals surface area contributed by atoms with Gasteiger partial charge < -0.3 is 14.4 Å². The van der Waals surface area contributed by atoms with E-state index in [-0.39, 0.29) is 34.7 Å². The van der Waals surface area contributed by atoms with E-state index in [1.807, 2.05) is 58.8 Å². The minimum Gasteiger partial charge on any atom is -0.395 e. The summed E-state index contributed by atoms with van der Waals surface area (Å²) in [5, 5.41) is 0. The first-order chi connectivity index (χ1) is 19.1. The fourth-order valence-corrected chi connectivity index (χ4v) is 6.06. The van der Waals surface area contributed by atoms with E-state index in [1.54, 1.807) is 18.2 Å². The second-order valence-corrected chi connectivity index (χ2v) is 13.2. The highest BCUT2D eigenvalue weighted by atomic mass is 32.2. The number of carbonyl (C=O) groups is 1. The van der Waals surface area contributed by atoms with E-state index >= 15 is 0 Å². The van der Waals surface area contributed by atoms with Gasteiger partial charge in [-0.3, -0.25) is 4.79 Å². The number of ether oxygens (including phenoxy) is 2. The number of alkyl halides is 2. The van der Waals surface area contributed by atoms with Gasteiger partial charge in [0, 0.05) is 13.6 Å². The molecule has 1 heterocycles. The van der Waals surface area contributed by atoms with Crippen molar-refractivity contribution in [2.45, 2.75) is 63.7 Å². The van der Waals surface area contributed by atoms with Crippen molar-refractivity contribution in [1.82, 2.24) is 9.21 Å². The molecule has 0 aromatic heterocycles. The van der Waals surface area contributed by atoms with Crippen LogP contribution in [-0.4, -0.2) is 51.0 Å². The Labute approximate surface area is 240 Å². The van der Waals surface area contributed by atoms with E-state index in [0.29, 0.717) is 12.1 Å². The molecule has 3 aromatic rings. The van der Waals surface area contributed by atoms with E-state index in [1.165, 1.54) is 31.3 Å². The molecule has 0 spiro atoms. The first-order valence-corrected chi connectivity index (χ1v) is 14.9. The van der Waals surface area contributed by atoms with Crippen LogP contribution in [0, 0.1) is 0 Å². The zero-order valence-corrected chi connectivity index (χ0v) is 25.2. The summed E-state index contributed by atoms with van der Waals surface area (Å²) in [4.78, 5) is 15.5. The molecule has 0 bridgehead atoms. The highest BCUT2D eigenvalue weighted by Gasteiger charge is 2.43. The second kappa shape index (κ2) is 11.4. The fourth-order valence-electron chi connectivity index (χ4n) is 4.93. The molecule has 0 atom stereocenters. The van der Waals surface area contributed by atoms with Crippen LogP contribution in [0.15, 0.2) is 59.5 Å². The van der Waals surface area contributed by atoms with Gasteiger partial charge in [-0.2, -0.15) is 0 Å². The third kappa shape index (κ3) is 6.54. The maximum atomic E-state index is 13.6. The summed E-state index contributed by atoms with van der Waals surface area (Å²) in [5.41, 5.74) is 4.91. The molecule has 7 nitrogen and oxygen atoms in total. The van der Waals surface area contributed by atoms with Crippen molar-refractivity contribution in [3.05, 3.63) is 76.9 Å². The summed E-state index contributed by atoms with van der Waals surface area (Å²) < 4.78 is 63.8. The van der Waals surface area contributed by atoms with Crippen LogP contribution in [0.1, 0.15) is 61.8 Å². The van der Waals surface area contributed by atoms with E-state index in [0.717, 1.165) is 32.1 Å². The number of benzene rings is 3. The molecule has 0 aliphatic carbocycles. The van der Waals surface area contributed by atoms with Crippen LogP contribution in [0.25, 0.3) is 11.1 Å². The summed E-state index contributed by atoms with van der Waals surface area (Å²) >= 11 is 0. The van der Waals surface area contributed by atoms with Gasteiger partial charge in [0.2, 0.25) is 5.91 Å². The van der Waals surface area contributed by atoms with Crippen molar-refractivity contribution in [2.24, 2.45) is 0 Å². The minimum absolute atomic E-state index is 0.000233. The molecule has 0 unspecified atom stereocenters. The van der Waals surface area contributed by atoms with Gasteiger partial charge in [0.1, 0.15) is 0 Å². The highest BCUT2D eigenvalue weighted by molar-refractivity contribution is 7.89. The SMILES string of the molecule is CC(C)c1cc(-c2ccc3c(c2)OC(F)(F)O3)cc(C(C)C)c1CC(=O)N(C)S(=O)(=O)c1ccc(CN(C)C)cc1. The predicted molar refractivity (Wildman–Crippen MR) is 154 cm³/mol. The summed E-state index contributed by atoms with van der Waals surface area (Å²) in [6.07, 6.45) is -3.82. The lowest BCUT2D eigenvalue weighted by Gasteiger charge is -2.24. The third-order valence-corrected chi connectivity index (χ3v) is 8.85. The molecule has 0 fully saturated rings. The Balaban J connectivity index is 1.67. The first-order valence-electron chi connectivity index (χ1n) is 13.4. The summed E-state index contributed by atoms with van der Waals surface area (Å²) in [5.74, 6) is -0.639. The lowest BCUT2D eigenvalue weighted by Crippen LogP contribution is -2.34. The number of hydrogen-bond donors (Lipinski definition) is 0. The number of likely N-dealkylation sites (N-methyl/N-ethyl adjacent to an activating group) is 1. The van der Waals surface area contributed by atoms with Gasteiger partial charge in [0.15, 0.2) is 11.5 Å². The molecule has 3 aromatic carbocycles. The highest BCUT2D eigenvalue weighted by Crippen LogP contribution is 2.44. The second-order valence-electron chi connectivity index (χ2n) is 11.2. The quantitative estimate of drug-likeness (QED) is 0.290. The molecular formula is C31H36F2N2O5S. The average Bonchev–Trinajstić information content (AvgIpc) is 3.20. The molecule has 1 aliphatic rings. The van der Waals surface area contributed by atoms with Crippen molar-refractivity contribution >= 4 is 15.9 Å². The van der Waals surface area contributed by atoms with Crippen molar-refractivity contribution < 1.29 is 31.5 Å².